The van der Waals surface area contributed by atoms with Crippen molar-refractivity contribution >= 4 is 22.6 Å². The topological polar surface area (TPSA) is 64.6 Å². The number of ether oxygens (including phenoxy) is 2. The van der Waals surface area contributed by atoms with E-state index < -0.39 is 5.97 Å². The van der Waals surface area contributed by atoms with Crippen molar-refractivity contribution in [1.29, 1.82) is 0 Å². The molecule has 1 aliphatic carbocycles. The Hall–Kier alpha value is -2.56. The molecule has 0 radical (unpaired) electrons. The highest BCUT2D eigenvalue weighted by atomic mass is 16.5. The van der Waals surface area contributed by atoms with Gasteiger partial charge in [0, 0.05) is 11.4 Å². The predicted molar refractivity (Wildman–Crippen MR) is 91.2 cm³/mol. The lowest BCUT2D eigenvalue weighted by Gasteiger charge is -2.13. The summed E-state index contributed by atoms with van der Waals surface area (Å²) < 4.78 is 10.5. The summed E-state index contributed by atoms with van der Waals surface area (Å²) in [6.07, 6.45) is 4.29. The molecule has 126 valence electrons. The molecule has 0 unspecified atom stereocenters. The number of esters is 1. The molecule has 1 saturated carbocycles. The highest BCUT2D eigenvalue weighted by Crippen LogP contribution is 2.28. The molecule has 1 amide bonds. The molecule has 0 spiro atoms. The van der Waals surface area contributed by atoms with Gasteiger partial charge in [0.25, 0.3) is 5.91 Å². The molecule has 1 fully saturated rings. The van der Waals surface area contributed by atoms with E-state index in [1.165, 1.54) is 0 Å². The first-order valence-electron chi connectivity index (χ1n) is 8.21. The fraction of sp³-hybridized carbons (Fsp3) is 0.368. The average molecular weight is 327 g/mol. The maximum atomic E-state index is 12.4. The molecule has 0 atom stereocenters. The van der Waals surface area contributed by atoms with E-state index in [1.54, 1.807) is 19.2 Å². The highest BCUT2D eigenvalue weighted by molar-refractivity contribution is 6.06. The zero-order valence-electron chi connectivity index (χ0n) is 13.7. The number of rotatable bonds is 5. The fourth-order valence-corrected chi connectivity index (χ4v) is 3.18. The second-order valence-electron chi connectivity index (χ2n) is 5.99. The summed E-state index contributed by atoms with van der Waals surface area (Å²) in [5, 5.41) is 4.49. The van der Waals surface area contributed by atoms with E-state index in [9.17, 15) is 9.59 Å². The first kappa shape index (κ1) is 16.3. The number of fused-ring (bicyclic) bond motifs is 1. The first-order chi connectivity index (χ1) is 11.7. The Morgan fingerprint density at radius 3 is 2.50 bits per heavy atom. The smallest absolute Gasteiger partial charge is 0.339 e. The summed E-state index contributed by atoms with van der Waals surface area (Å²) in [5.41, 5.74) is 0.431. The van der Waals surface area contributed by atoms with Gasteiger partial charge >= 0.3 is 5.97 Å². The van der Waals surface area contributed by atoms with Crippen molar-refractivity contribution in [2.75, 3.05) is 13.7 Å². The van der Waals surface area contributed by atoms with E-state index in [4.69, 9.17) is 9.47 Å². The largest absolute Gasteiger partial charge is 0.496 e. The van der Waals surface area contributed by atoms with Gasteiger partial charge in [-0.15, -0.1) is 0 Å². The normalized spacial score (nSPS) is 14.5. The van der Waals surface area contributed by atoms with E-state index in [0.717, 1.165) is 36.5 Å². The molecule has 24 heavy (non-hydrogen) atoms. The molecule has 0 heterocycles. The number of hydrogen-bond donors (Lipinski definition) is 1. The third-order valence-electron chi connectivity index (χ3n) is 4.38. The van der Waals surface area contributed by atoms with Crippen molar-refractivity contribution in [3.63, 3.8) is 0 Å². The summed E-state index contributed by atoms with van der Waals surface area (Å²) in [5.74, 6) is -0.0513. The molecule has 0 aliphatic heterocycles. The molecule has 1 aliphatic rings. The monoisotopic (exact) mass is 327 g/mol. The average Bonchev–Trinajstić information content (AvgIpc) is 3.11. The second-order valence-corrected chi connectivity index (χ2v) is 5.99. The van der Waals surface area contributed by atoms with Gasteiger partial charge in [0.2, 0.25) is 0 Å². The van der Waals surface area contributed by atoms with E-state index in [1.807, 2.05) is 24.3 Å². The van der Waals surface area contributed by atoms with Crippen molar-refractivity contribution in [3.8, 4) is 5.75 Å². The van der Waals surface area contributed by atoms with Gasteiger partial charge in [0.1, 0.15) is 5.75 Å². The van der Waals surface area contributed by atoms with Gasteiger partial charge < -0.3 is 14.8 Å². The lowest BCUT2D eigenvalue weighted by molar-refractivity contribution is -0.124. The zero-order chi connectivity index (χ0) is 16.9. The summed E-state index contributed by atoms with van der Waals surface area (Å²) in [6, 6.07) is 11.1. The number of carbonyl (C=O) groups is 2. The van der Waals surface area contributed by atoms with Crippen molar-refractivity contribution < 1.29 is 19.1 Å². The molecular formula is C19H21NO4. The summed E-state index contributed by atoms with van der Waals surface area (Å²) >= 11 is 0. The van der Waals surface area contributed by atoms with Crippen LogP contribution in [-0.4, -0.2) is 31.6 Å². The predicted octanol–water partition coefficient (Wildman–Crippen LogP) is 3.06. The van der Waals surface area contributed by atoms with Gasteiger partial charge in [-0.3, -0.25) is 4.79 Å². The van der Waals surface area contributed by atoms with Crippen molar-refractivity contribution in [3.05, 3.63) is 42.0 Å². The number of nitrogens with one attached hydrogen (secondary N) is 1. The number of carbonyl (C=O) groups excluding carboxylic acids is 2. The zero-order valence-corrected chi connectivity index (χ0v) is 13.7. The van der Waals surface area contributed by atoms with Gasteiger partial charge in [-0.1, -0.05) is 37.1 Å². The molecule has 5 nitrogen and oxygen atoms in total. The Labute approximate surface area is 140 Å². The van der Waals surface area contributed by atoms with E-state index in [-0.39, 0.29) is 18.6 Å². The number of methoxy groups -OCH3 is 1. The lowest BCUT2D eigenvalue weighted by atomic mass is 10.0. The quantitative estimate of drug-likeness (QED) is 0.857. The van der Waals surface area contributed by atoms with Crippen LogP contribution in [0.3, 0.4) is 0 Å². The molecule has 0 saturated heterocycles. The molecular weight excluding hydrogens is 306 g/mol. The van der Waals surface area contributed by atoms with E-state index >= 15 is 0 Å². The van der Waals surface area contributed by atoms with Crippen LogP contribution in [0.1, 0.15) is 36.0 Å². The molecule has 2 aromatic carbocycles. The Kier molecular flexibility index (Phi) is 4.99. The maximum absolute atomic E-state index is 12.4. The van der Waals surface area contributed by atoms with E-state index in [2.05, 4.69) is 5.32 Å². The van der Waals surface area contributed by atoms with Crippen molar-refractivity contribution in [1.82, 2.24) is 5.32 Å². The van der Waals surface area contributed by atoms with Gasteiger partial charge in [0.05, 0.1) is 12.7 Å². The van der Waals surface area contributed by atoms with Crippen LogP contribution < -0.4 is 10.1 Å². The Morgan fingerprint density at radius 1 is 1.08 bits per heavy atom. The minimum Gasteiger partial charge on any atom is -0.496 e. The van der Waals surface area contributed by atoms with Crippen LogP contribution in [0.4, 0.5) is 0 Å². The third-order valence-corrected chi connectivity index (χ3v) is 4.38. The molecule has 0 aromatic heterocycles. The number of amides is 1. The molecule has 5 heteroatoms. The Balaban J connectivity index is 1.69. The molecule has 1 N–H and O–H groups in total. The minimum absolute atomic E-state index is 0.220. The SMILES string of the molecule is COc1ccc(C(=O)OCC(=O)NC2CCCC2)c2ccccc12. The number of hydrogen-bond acceptors (Lipinski definition) is 4. The second kappa shape index (κ2) is 7.34. The Bertz CT molecular complexity index is 750. The van der Waals surface area contributed by atoms with Gasteiger partial charge in [-0.05, 0) is 30.4 Å². The molecule has 0 bridgehead atoms. The van der Waals surface area contributed by atoms with Crippen LogP contribution in [0.25, 0.3) is 10.8 Å². The van der Waals surface area contributed by atoms with Gasteiger partial charge in [-0.25, -0.2) is 4.79 Å². The van der Waals surface area contributed by atoms with Crippen LogP contribution in [0, 0.1) is 0 Å². The summed E-state index contributed by atoms with van der Waals surface area (Å²) in [7, 11) is 1.59. The van der Waals surface area contributed by atoms with E-state index in [0.29, 0.717) is 11.3 Å². The highest BCUT2D eigenvalue weighted by Gasteiger charge is 2.19. The standard InChI is InChI=1S/C19H21NO4/c1-23-17-11-10-16(14-8-4-5-9-15(14)17)19(22)24-12-18(21)20-13-6-2-3-7-13/h4-5,8-11,13H,2-3,6-7,12H2,1H3,(H,20,21). The van der Waals surface area contributed by atoms with Crippen LogP contribution in [0.5, 0.6) is 5.75 Å². The van der Waals surface area contributed by atoms with Crippen molar-refractivity contribution in [2.45, 2.75) is 31.7 Å². The van der Waals surface area contributed by atoms with Crippen molar-refractivity contribution in [2.24, 2.45) is 0 Å². The molecule has 2 aromatic rings. The van der Waals surface area contributed by atoms with Crippen LogP contribution in [0.15, 0.2) is 36.4 Å². The molecule has 3 rings (SSSR count). The maximum Gasteiger partial charge on any atom is 0.339 e. The van der Waals surface area contributed by atoms with Gasteiger partial charge in [0.15, 0.2) is 6.61 Å². The first-order valence-corrected chi connectivity index (χ1v) is 8.21. The van der Waals surface area contributed by atoms with Crippen LogP contribution in [-0.2, 0) is 9.53 Å². The third kappa shape index (κ3) is 3.50. The minimum atomic E-state index is -0.504. The van der Waals surface area contributed by atoms with Crippen LogP contribution >= 0.6 is 0 Å². The number of benzene rings is 2. The summed E-state index contributed by atoms with van der Waals surface area (Å²) in [6.45, 7) is -0.254. The van der Waals surface area contributed by atoms with Gasteiger partial charge in [-0.2, -0.15) is 0 Å². The Morgan fingerprint density at radius 2 is 1.79 bits per heavy atom. The fourth-order valence-electron chi connectivity index (χ4n) is 3.18. The van der Waals surface area contributed by atoms with Crippen LogP contribution in [0.2, 0.25) is 0 Å². The lowest BCUT2D eigenvalue weighted by Crippen LogP contribution is -2.35. The summed E-state index contributed by atoms with van der Waals surface area (Å²) in [4.78, 5) is 24.2.